The highest BCUT2D eigenvalue weighted by Gasteiger charge is 2.35. The van der Waals surface area contributed by atoms with Gasteiger partial charge in [-0.1, -0.05) is 55.8 Å². The van der Waals surface area contributed by atoms with Crippen molar-refractivity contribution in [1.82, 2.24) is 5.32 Å². The van der Waals surface area contributed by atoms with Gasteiger partial charge >= 0.3 is 6.03 Å². The number of rotatable bonds is 6. The van der Waals surface area contributed by atoms with Gasteiger partial charge in [0.1, 0.15) is 11.9 Å². The molecule has 3 N–H and O–H groups in total. The molecule has 1 saturated heterocycles. The number of nitrogens with one attached hydrogen (secondary N) is 2. The Hall–Kier alpha value is -3.42. The molecular weight excluding hydrogens is 469 g/mol. The third kappa shape index (κ3) is 5.31. The molecule has 1 atom stereocenters. The summed E-state index contributed by atoms with van der Waals surface area (Å²) < 4.78 is 14.0. The van der Waals surface area contributed by atoms with E-state index in [0.717, 1.165) is 34.0 Å². The van der Waals surface area contributed by atoms with Gasteiger partial charge in [0, 0.05) is 17.3 Å². The molecule has 0 aromatic heterocycles. The van der Waals surface area contributed by atoms with Gasteiger partial charge in [0.2, 0.25) is 5.91 Å². The first kappa shape index (κ1) is 24.7. The molecule has 0 spiro atoms. The smallest absolute Gasteiger partial charge is 0.319 e. The number of aliphatic hydroxyl groups excluding tert-OH is 1. The number of urea groups is 1. The van der Waals surface area contributed by atoms with E-state index in [2.05, 4.69) is 30.5 Å². The van der Waals surface area contributed by atoms with Crippen LogP contribution in [-0.2, 0) is 11.4 Å². The van der Waals surface area contributed by atoms with Crippen LogP contribution in [-0.4, -0.2) is 29.6 Å². The minimum atomic E-state index is -0.722. The number of anilines is 2. The number of nitrogens with zero attached hydrogens (tertiary/aromatic N) is 1. The van der Waals surface area contributed by atoms with Crippen molar-refractivity contribution in [1.29, 1.82) is 0 Å². The molecule has 3 aromatic carbocycles. The van der Waals surface area contributed by atoms with Gasteiger partial charge in [0.25, 0.3) is 0 Å². The van der Waals surface area contributed by atoms with Crippen molar-refractivity contribution in [2.24, 2.45) is 0 Å². The summed E-state index contributed by atoms with van der Waals surface area (Å²) in [6.07, 6.45) is 0.433. The van der Waals surface area contributed by atoms with Gasteiger partial charge in [0.05, 0.1) is 12.3 Å². The summed E-state index contributed by atoms with van der Waals surface area (Å²) in [6.45, 7) is 4.51. The molecular formula is C27H27ClFN3O3. The second kappa shape index (κ2) is 10.5. The quantitative estimate of drug-likeness (QED) is 0.411. The molecule has 1 aliphatic heterocycles. The summed E-state index contributed by atoms with van der Waals surface area (Å²) in [5, 5.41) is 15.0. The van der Waals surface area contributed by atoms with Crippen LogP contribution in [0, 0.1) is 5.82 Å². The monoisotopic (exact) mass is 495 g/mol. The molecule has 0 bridgehead atoms. The number of carbonyl (C=O) groups excluding carboxylic acids is 2. The van der Waals surface area contributed by atoms with Gasteiger partial charge in [-0.15, -0.1) is 0 Å². The third-order valence-corrected chi connectivity index (χ3v) is 6.36. The Kier molecular flexibility index (Phi) is 7.38. The Morgan fingerprint density at radius 2 is 1.94 bits per heavy atom. The van der Waals surface area contributed by atoms with Crippen LogP contribution in [0.1, 0.15) is 37.3 Å². The minimum Gasteiger partial charge on any atom is -0.392 e. The van der Waals surface area contributed by atoms with Gasteiger partial charge in [0.15, 0.2) is 0 Å². The van der Waals surface area contributed by atoms with Crippen molar-refractivity contribution < 1.29 is 19.1 Å². The average Bonchev–Trinajstić information content (AvgIpc) is 3.20. The molecule has 6 nitrogen and oxygen atoms in total. The van der Waals surface area contributed by atoms with Crippen LogP contribution in [0.15, 0.2) is 60.7 Å². The lowest BCUT2D eigenvalue weighted by Crippen LogP contribution is -2.43. The fourth-order valence-electron chi connectivity index (χ4n) is 4.33. The molecule has 0 radical (unpaired) electrons. The molecule has 0 aliphatic carbocycles. The summed E-state index contributed by atoms with van der Waals surface area (Å²) in [5.41, 5.74) is 4.52. The highest BCUT2D eigenvalue weighted by molar-refractivity contribution is 6.30. The molecule has 182 valence electrons. The molecule has 8 heteroatoms. The largest absolute Gasteiger partial charge is 0.392 e. The van der Waals surface area contributed by atoms with Crippen LogP contribution in [0.3, 0.4) is 0 Å². The number of aliphatic hydroxyl groups is 1. The maximum absolute atomic E-state index is 14.0. The predicted molar refractivity (Wildman–Crippen MR) is 136 cm³/mol. The molecule has 1 heterocycles. The molecule has 1 unspecified atom stereocenters. The Morgan fingerprint density at radius 1 is 1.17 bits per heavy atom. The molecule has 35 heavy (non-hydrogen) atoms. The van der Waals surface area contributed by atoms with Crippen molar-refractivity contribution in [3.63, 3.8) is 0 Å². The van der Waals surface area contributed by atoms with Gasteiger partial charge in [-0.2, -0.15) is 0 Å². The highest BCUT2D eigenvalue weighted by atomic mass is 35.5. The van der Waals surface area contributed by atoms with Crippen LogP contribution in [0.5, 0.6) is 0 Å². The van der Waals surface area contributed by atoms with E-state index in [1.54, 1.807) is 4.90 Å². The lowest BCUT2D eigenvalue weighted by molar-refractivity contribution is -0.118. The Bertz CT molecular complexity index is 1260. The second-order valence-corrected chi connectivity index (χ2v) is 9.23. The normalized spacial score (nSPS) is 15.5. The van der Waals surface area contributed by atoms with Crippen molar-refractivity contribution in [3.05, 3.63) is 82.6 Å². The van der Waals surface area contributed by atoms with Gasteiger partial charge in [-0.3, -0.25) is 4.79 Å². The van der Waals surface area contributed by atoms with Crippen LogP contribution < -0.4 is 15.5 Å². The Balaban J connectivity index is 1.52. The van der Waals surface area contributed by atoms with Crippen LogP contribution in [0.2, 0.25) is 5.02 Å². The van der Waals surface area contributed by atoms with E-state index in [-0.39, 0.29) is 29.1 Å². The number of hydrogen-bond acceptors (Lipinski definition) is 3. The highest BCUT2D eigenvalue weighted by Crippen LogP contribution is 2.35. The average molecular weight is 496 g/mol. The lowest BCUT2D eigenvalue weighted by Gasteiger charge is -2.23. The van der Waals surface area contributed by atoms with E-state index >= 15 is 0 Å². The number of benzene rings is 3. The molecule has 3 amide bonds. The van der Waals surface area contributed by atoms with Gasteiger partial charge in [-0.25, -0.2) is 9.18 Å². The van der Waals surface area contributed by atoms with Crippen molar-refractivity contribution in [2.75, 3.05) is 16.8 Å². The second-order valence-electron chi connectivity index (χ2n) is 8.80. The third-order valence-electron chi connectivity index (χ3n) is 6.13. The fourth-order valence-corrected chi connectivity index (χ4v) is 4.49. The predicted octanol–water partition coefficient (Wildman–Crippen LogP) is 5.69. The van der Waals surface area contributed by atoms with E-state index in [0.29, 0.717) is 13.0 Å². The summed E-state index contributed by atoms with van der Waals surface area (Å²) in [7, 11) is 0. The van der Waals surface area contributed by atoms with Crippen LogP contribution in [0.25, 0.3) is 11.1 Å². The van der Waals surface area contributed by atoms with E-state index in [4.69, 9.17) is 11.6 Å². The van der Waals surface area contributed by atoms with Crippen molar-refractivity contribution >= 4 is 34.9 Å². The van der Waals surface area contributed by atoms with E-state index in [1.807, 2.05) is 36.4 Å². The first-order valence-electron chi connectivity index (χ1n) is 11.5. The summed E-state index contributed by atoms with van der Waals surface area (Å²) in [4.78, 5) is 27.3. The lowest BCUT2D eigenvalue weighted by atomic mass is 9.93. The number of halogens is 2. The first-order chi connectivity index (χ1) is 16.8. The summed E-state index contributed by atoms with van der Waals surface area (Å²) in [5.74, 6) is -0.735. The van der Waals surface area contributed by atoms with Crippen LogP contribution >= 0.6 is 11.6 Å². The zero-order chi connectivity index (χ0) is 25.1. The summed E-state index contributed by atoms with van der Waals surface area (Å²) in [6, 6.07) is 16.2. The first-order valence-corrected chi connectivity index (χ1v) is 11.8. The minimum absolute atomic E-state index is 0.0185. The maximum Gasteiger partial charge on any atom is 0.319 e. The topological polar surface area (TPSA) is 81.7 Å². The standard InChI is InChI=1S/C27H27ClFN3O3/c1-16(2)21-13-17(20-6-4-3-5-18(20)15-33)7-10-25(21)32-12-11-24(26(32)34)31-27(35)30-23-9-8-19(28)14-22(23)29/h3-10,13-14,16,24,33H,11-12,15H2,1-2H3,(H2,30,31,35). The maximum atomic E-state index is 14.0. The number of hydrogen-bond donors (Lipinski definition) is 3. The molecule has 1 fully saturated rings. The molecule has 0 saturated carbocycles. The van der Waals surface area contributed by atoms with E-state index in [9.17, 15) is 19.1 Å². The molecule has 3 aromatic rings. The summed E-state index contributed by atoms with van der Waals surface area (Å²) >= 11 is 5.75. The van der Waals surface area contributed by atoms with E-state index < -0.39 is 17.9 Å². The molecule has 4 rings (SSSR count). The Morgan fingerprint density at radius 3 is 2.66 bits per heavy atom. The number of amides is 3. The zero-order valence-electron chi connectivity index (χ0n) is 19.5. The van der Waals surface area contributed by atoms with Crippen LogP contribution in [0.4, 0.5) is 20.6 Å². The zero-order valence-corrected chi connectivity index (χ0v) is 20.3. The number of carbonyl (C=O) groups is 2. The Labute approximate surface area is 208 Å². The van der Waals surface area contributed by atoms with Gasteiger partial charge in [-0.05, 0) is 64.9 Å². The van der Waals surface area contributed by atoms with Gasteiger partial charge < -0.3 is 20.6 Å². The van der Waals surface area contributed by atoms with Crippen molar-refractivity contribution in [3.8, 4) is 11.1 Å². The van der Waals surface area contributed by atoms with E-state index in [1.165, 1.54) is 12.1 Å². The SMILES string of the molecule is CC(C)c1cc(-c2ccccc2CO)ccc1N1CCC(NC(=O)Nc2ccc(Cl)cc2F)C1=O. The van der Waals surface area contributed by atoms with Crippen molar-refractivity contribution in [2.45, 2.75) is 38.8 Å². The fraction of sp³-hybridized carbons (Fsp3) is 0.259. The molecule has 1 aliphatic rings.